The summed E-state index contributed by atoms with van der Waals surface area (Å²) < 4.78 is 2.35. The van der Waals surface area contributed by atoms with E-state index in [1.807, 2.05) is 0 Å². The highest BCUT2D eigenvalue weighted by atomic mass is 15.1. The molecule has 0 atom stereocenters. The van der Waals surface area contributed by atoms with Crippen molar-refractivity contribution >= 4 is 163 Å². The molecule has 0 N–H and O–H groups in total. The van der Waals surface area contributed by atoms with Crippen LogP contribution >= 0.6 is 0 Å². The van der Waals surface area contributed by atoms with E-state index in [-0.39, 0.29) is 5.11 Å². The molecule has 13 heteroatoms. The van der Waals surface area contributed by atoms with Gasteiger partial charge in [0.2, 0.25) is 0 Å². The zero-order valence-electron chi connectivity index (χ0n) is 33.2. The summed E-state index contributed by atoms with van der Waals surface area (Å²) in [5.41, 5.74) is 21.9. The van der Waals surface area contributed by atoms with Gasteiger partial charge in [0.15, 0.2) is 0 Å². The van der Waals surface area contributed by atoms with Crippen molar-refractivity contribution in [2.24, 2.45) is 0 Å². The second kappa shape index (κ2) is 13.0. The van der Waals surface area contributed by atoms with Crippen LogP contribution in [0.15, 0.2) is 103 Å². The van der Waals surface area contributed by atoms with Gasteiger partial charge in [0.25, 0.3) is 0 Å². The van der Waals surface area contributed by atoms with Crippen molar-refractivity contribution in [1.29, 1.82) is 0 Å². The molecule has 53 heavy (non-hydrogen) atoms. The molecular formula is C40H39B11N2. The molecule has 0 spiro atoms. The van der Waals surface area contributed by atoms with Crippen LogP contribution in [0.2, 0.25) is 0 Å². The first-order chi connectivity index (χ1) is 25.3. The molecule has 0 aliphatic heterocycles. The number of fused-ring (bicyclic) bond motifs is 3. The number of hydrogen-bond acceptors (Lipinski definition) is 1. The Morgan fingerprint density at radius 2 is 0.868 bits per heavy atom. The van der Waals surface area contributed by atoms with Crippen molar-refractivity contribution < 1.29 is 0 Å². The lowest BCUT2D eigenvalue weighted by molar-refractivity contribution is 0.929. The van der Waals surface area contributed by atoms with Crippen molar-refractivity contribution in [3.8, 4) is 39.1 Å². The number of aromatic nitrogens is 2. The molecule has 0 radical (unpaired) electrons. The monoisotopic (exact) mass is 668 g/mol. The summed E-state index contributed by atoms with van der Waals surface area (Å²) in [5, 5.41) is 5.32. The number of para-hydroxylation sites is 2. The predicted molar refractivity (Wildman–Crippen MR) is 265 cm³/mol. The fourth-order valence-electron chi connectivity index (χ4n) is 8.82. The van der Waals surface area contributed by atoms with Gasteiger partial charge >= 0.3 is 0 Å². The van der Waals surface area contributed by atoms with Crippen LogP contribution in [0.4, 0.5) is 0 Å². The largest absolute Gasteiger partial charge is 0.298 e. The predicted octanol–water partition coefficient (Wildman–Crippen LogP) is -6.59. The zero-order valence-corrected chi connectivity index (χ0v) is 33.2. The lowest BCUT2D eigenvalue weighted by Crippen LogP contribution is -2.50. The number of benzene rings is 7. The Kier molecular flexibility index (Phi) is 8.64. The molecule has 1 heterocycles. The molecular weight excluding hydrogens is 627 g/mol. The molecule has 242 valence electrons. The van der Waals surface area contributed by atoms with Crippen molar-refractivity contribution in [2.75, 3.05) is 0 Å². The first-order valence-electron chi connectivity index (χ1n) is 19.0. The van der Waals surface area contributed by atoms with Gasteiger partial charge in [0.05, 0.1) is 40.4 Å². The summed E-state index contributed by atoms with van der Waals surface area (Å²) in [5.74, 6) is 1.07. The number of hydrogen-bond donors (Lipinski definition) is 0. The molecule has 0 bridgehead atoms. The van der Waals surface area contributed by atoms with E-state index in [2.05, 4.69) is 194 Å². The third kappa shape index (κ3) is 5.45. The second-order valence-corrected chi connectivity index (χ2v) is 16.2. The number of nitrogens with zero attached hydrogens (tertiary/aromatic N) is 2. The van der Waals surface area contributed by atoms with Crippen molar-refractivity contribution in [3.05, 3.63) is 109 Å². The molecule has 0 unspecified atom stereocenters. The fraction of sp³-hybridized carbons (Fsp3) is 0.0250. The summed E-state index contributed by atoms with van der Waals surface area (Å²) in [4.78, 5) is 5.13. The maximum Gasteiger partial charge on any atom is 0.139 e. The maximum atomic E-state index is 5.13. The zero-order chi connectivity index (χ0) is 37.5. The van der Waals surface area contributed by atoms with E-state index in [0.29, 0.717) is 0 Å². The molecule has 0 saturated carbocycles. The Balaban J connectivity index is 1.54. The average molecular weight is 667 g/mol. The van der Waals surface area contributed by atoms with Crippen LogP contribution in [0.1, 0.15) is 5.82 Å². The Hall–Kier alpha value is -4.76. The number of imidazole rings is 1. The molecule has 8 aromatic rings. The summed E-state index contributed by atoms with van der Waals surface area (Å²) in [6, 6.07) is 37.8. The highest BCUT2D eigenvalue weighted by molar-refractivity contribution is 6.71. The normalized spacial score (nSPS) is 11.8. The quantitative estimate of drug-likeness (QED) is 0.132. The van der Waals surface area contributed by atoms with Gasteiger partial charge in [-0.1, -0.05) is 106 Å². The number of rotatable bonds is 5. The maximum absolute atomic E-state index is 5.13. The second-order valence-electron chi connectivity index (χ2n) is 16.2. The van der Waals surface area contributed by atoms with Crippen molar-refractivity contribution in [3.63, 3.8) is 0 Å². The Bertz CT molecular complexity index is 2710. The molecule has 2 nitrogen and oxygen atoms in total. The van der Waals surface area contributed by atoms with Crippen LogP contribution in [0.5, 0.6) is 0 Å². The van der Waals surface area contributed by atoms with Crippen LogP contribution in [0.3, 0.4) is 0 Å². The van der Waals surface area contributed by atoms with Crippen LogP contribution in [0.25, 0.3) is 71.6 Å². The van der Waals surface area contributed by atoms with Crippen LogP contribution in [-0.2, 0) is 5.11 Å². The molecule has 0 saturated heterocycles. The Morgan fingerprint density at radius 3 is 1.40 bits per heavy atom. The highest BCUT2D eigenvalue weighted by Crippen LogP contribution is 2.43. The van der Waals surface area contributed by atoms with Crippen LogP contribution < -0.4 is 43.7 Å². The third-order valence-corrected chi connectivity index (χ3v) is 12.3. The van der Waals surface area contributed by atoms with Crippen LogP contribution in [-0.4, -0.2) is 95.9 Å². The summed E-state index contributed by atoms with van der Waals surface area (Å²) in [6.07, 6.45) is 0. The van der Waals surface area contributed by atoms with Gasteiger partial charge in [-0.25, -0.2) is 4.98 Å². The van der Waals surface area contributed by atoms with E-state index >= 15 is 0 Å². The van der Waals surface area contributed by atoms with E-state index < -0.39 is 0 Å². The third-order valence-electron chi connectivity index (χ3n) is 12.3. The topological polar surface area (TPSA) is 17.8 Å². The van der Waals surface area contributed by atoms with Crippen LogP contribution in [0, 0.1) is 0 Å². The summed E-state index contributed by atoms with van der Waals surface area (Å²) >= 11 is 0. The van der Waals surface area contributed by atoms with Gasteiger partial charge in [-0.05, 0) is 79.2 Å². The first-order valence-corrected chi connectivity index (χ1v) is 19.0. The standard InChI is InChI=1S/C40H39B11N2/c41-31-27-25(19-14-16-20(17-15-19)53-24-13-7-6-12-23(24)52-39(53)40(49,50)51)28-30(34(44)38(48)36(46)32(28)42)26(29(27)33(43)37(47)35(31)45)22-11-5-4-10-21(22)18-8-2-1-3-9-18/h1-17H,41-51H2. The summed E-state index contributed by atoms with van der Waals surface area (Å²) in [7, 11) is 25.4. The van der Waals surface area contributed by atoms with E-state index in [4.69, 9.17) is 4.98 Å². The Morgan fingerprint density at radius 1 is 0.415 bits per heavy atom. The molecule has 0 fully saturated rings. The van der Waals surface area contributed by atoms with Gasteiger partial charge in [-0.3, -0.25) is 4.57 Å². The molecule has 1 aromatic heterocycles. The smallest absolute Gasteiger partial charge is 0.139 e. The minimum atomic E-state index is -0.121. The van der Waals surface area contributed by atoms with E-state index in [0.717, 1.165) is 22.5 Å². The molecule has 7 aromatic carbocycles. The first kappa shape index (κ1) is 35.3. The van der Waals surface area contributed by atoms with Gasteiger partial charge in [-0.15, -0.1) is 21.9 Å². The van der Waals surface area contributed by atoms with E-state index in [9.17, 15) is 0 Å². The lowest BCUT2D eigenvalue weighted by atomic mass is 9.42. The SMILES string of the molecule is Bc1c(B)c(B)c2c(-c3ccccc3-c3ccccc3)c3c(B)c(B)c(B)c(B)c3c(-c3ccc(-n4c(C(B)(B)B)nc5ccccc54)cc3)c2c1B. The minimum Gasteiger partial charge on any atom is -0.298 e. The van der Waals surface area contributed by atoms with Gasteiger partial charge in [-0.2, -0.15) is 0 Å². The fourth-order valence-corrected chi connectivity index (χ4v) is 8.82. The minimum absolute atomic E-state index is 0.121. The van der Waals surface area contributed by atoms with E-state index in [1.165, 1.54) is 98.6 Å². The molecule has 0 aliphatic rings. The van der Waals surface area contributed by atoms with Crippen molar-refractivity contribution in [1.82, 2.24) is 9.55 Å². The average Bonchev–Trinajstić information content (AvgIpc) is 3.58. The summed E-state index contributed by atoms with van der Waals surface area (Å²) in [6.45, 7) is 0. The highest BCUT2D eigenvalue weighted by Gasteiger charge is 2.27. The Labute approximate surface area is 323 Å². The van der Waals surface area contributed by atoms with Crippen molar-refractivity contribution in [2.45, 2.75) is 5.11 Å². The van der Waals surface area contributed by atoms with E-state index in [1.54, 1.807) is 0 Å². The lowest BCUT2D eigenvalue weighted by Gasteiger charge is -2.29. The molecule has 0 aliphatic carbocycles. The van der Waals surface area contributed by atoms with Gasteiger partial charge < -0.3 is 0 Å². The van der Waals surface area contributed by atoms with Gasteiger partial charge in [0, 0.05) is 5.69 Å². The van der Waals surface area contributed by atoms with Gasteiger partial charge in [0.1, 0.15) is 62.8 Å². The molecule has 0 amide bonds. The molecule has 8 rings (SSSR count).